The molecule has 0 saturated carbocycles. The predicted molar refractivity (Wildman–Crippen MR) is 120 cm³/mol. The first-order valence-corrected chi connectivity index (χ1v) is 9.62. The van der Waals surface area contributed by atoms with Crippen LogP contribution < -0.4 is 21.7 Å². The molecule has 0 spiro atoms. The molecule has 1 aliphatic heterocycles. The fraction of sp³-hybridized carbons (Fsp3) is 0.0833. The van der Waals surface area contributed by atoms with Crippen LogP contribution in [0.5, 0.6) is 0 Å². The predicted octanol–water partition coefficient (Wildman–Crippen LogP) is 3.84. The fourth-order valence-corrected chi connectivity index (χ4v) is 3.39. The summed E-state index contributed by atoms with van der Waals surface area (Å²) in [6.45, 7) is 1.96. The van der Waals surface area contributed by atoms with Crippen LogP contribution in [0.25, 0.3) is 11.3 Å². The van der Waals surface area contributed by atoms with Crippen LogP contribution >= 0.6 is 0 Å². The Bertz CT molecular complexity index is 1140. The van der Waals surface area contributed by atoms with Crippen LogP contribution in [-0.2, 0) is 16.1 Å². The maximum Gasteiger partial charge on any atom is 0.258 e. The largest absolute Gasteiger partial charge is 0.399 e. The van der Waals surface area contributed by atoms with E-state index in [4.69, 9.17) is 5.73 Å². The van der Waals surface area contributed by atoms with Crippen LogP contribution in [0, 0.1) is 0 Å². The number of rotatable bonds is 5. The zero-order valence-electron chi connectivity index (χ0n) is 16.5. The van der Waals surface area contributed by atoms with E-state index >= 15 is 0 Å². The monoisotopic (exact) mass is 398 g/mol. The molecule has 150 valence electrons. The maximum atomic E-state index is 12.9. The van der Waals surface area contributed by atoms with Gasteiger partial charge in [0.05, 0.1) is 11.3 Å². The van der Waals surface area contributed by atoms with Crippen LogP contribution in [0.15, 0.2) is 72.8 Å². The van der Waals surface area contributed by atoms with Crippen LogP contribution in [0.4, 0.5) is 17.1 Å². The Morgan fingerprint density at radius 3 is 2.43 bits per heavy atom. The van der Waals surface area contributed by atoms with Gasteiger partial charge in [0.1, 0.15) is 0 Å². The van der Waals surface area contributed by atoms with Crippen molar-refractivity contribution in [1.82, 2.24) is 5.32 Å². The van der Waals surface area contributed by atoms with Gasteiger partial charge in [0, 0.05) is 36.1 Å². The molecule has 6 nitrogen and oxygen atoms in total. The van der Waals surface area contributed by atoms with Gasteiger partial charge in [-0.05, 0) is 41.5 Å². The van der Waals surface area contributed by atoms with E-state index in [0.29, 0.717) is 23.5 Å². The highest BCUT2D eigenvalue weighted by atomic mass is 16.2. The number of fused-ring (bicyclic) bond motifs is 1. The van der Waals surface area contributed by atoms with Crippen LogP contribution in [0.2, 0.25) is 0 Å². The molecule has 2 amide bonds. The number of amides is 2. The summed E-state index contributed by atoms with van der Waals surface area (Å²) < 4.78 is 0. The first-order chi connectivity index (χ1) is 14.5. The van der Waals surface area contributed by atoms with Crippen LogP contribution in [0.3, 0.4) is 0 Å². The summed E-state index contributed by atoms with van der Waals surface area (Å²) in [5, 5.41) is 9.11. The molecule has 1 heterocycles. The lowest BCUT2D eigenvalue weighted by Crippen LogP contribution is -2.18. The van der Waals surface area contributed by atoms with E-state index < -0.39 is 0 Å². The van der Waals surface area contributed by atoms with Crippen molar-refractivity contribution >= 4 is 40.1 Å². The Balaban J connectivity index is 1.74. The van der Waals surface area contributed by atoms with Crippen molar-refractivity contribution < 1.29 is 9.59 Å². The van der Waals surface area contributed by atoms with Gasteiger partial charge >= 0.3 is 0 Å². The van der Waals surface area contributed by atoms with E-state index in [1.807, 2.05) is 66.7 Å². The summed E-state index contributed by atoms with van der Waals surface area (Å²) in [5.41, 5.74) is 12.0. The maximum absolute atomic E-state index is 12.9. The zero-order chi connectivity index (χ0) is 21.1. The molecule has 0 unspecified atom stereocenters. The Labute approximate surface area is 174 Å². The summed E-state index contributed by atoms with van der Waals surface area (Å²) in [6, 6.07) is 22.8. The number of nitrogens with two attached hydrogens (primary N) is 1. The summed E-state index contributed by atoms with van der Waals surface area (Å²) in [7, 11) is 0. The smallest absolute Gasteiger partial charge is 0.258 e. The third-order valence-electron chi connectivity index (χ3n) is 4.87. The molecule has 0 radical (unpaired) electrons. The Kier molecular flexibility index (Phi) is 5.22. The second-order valence-electron chi connectivity index (χ2n) is 7.11. The van der Waals surface area contributed by atoms with Gasteiger partial charge in [-0.1, -0.05) is 42.5 Å². The fourth-order valence-electron chi connectivity index (χ4n) is 3.39. The zero-order valence-corrected chi connectivity index (χ0v) is 16.5. The number of carbonyl (C=O) groups excluding carboxylic acids is 2. The minimum absolute atomic E-state index is 0.0708. The topological polar surface area (TPSA) is 96.2 Å². The van der Waals surface area contributed by atoms with Crippen molar-refractivity contribution in [2.45, 2.75) is 13.5 Å². The number of hydrogen-bond acceptors (Lipinski definition) is 4. The van der Waals surface area contributed by atoms with E-state index in [1.54, 1.807) is 6.07 Å². The minimum Gasteiger partial charge on any atom is -0.399 e. The van der Waals surface area contributed by atoms with Gasteiger partial charge in [-0.25, -0.2) is 0 Å². The summed E-state index contributed by atoms with van der Waals surface area (Å²) in [6.07, 6.45) is 0. The lowest BCUT2D eigenvalue weighted by Gasteiger charge is -2.15. The van der Waals surface area contributed by atoms with E-state index in [0.717, 1.165) is 28.1 Å². The lowest BCUT2D eigenvalue weighted by atomic mass is 9.99. The number of anilines is 3. The number of nitrogens with one attached hydrogen (secondary N) is 3. The van der Waals surface area contributed by atoms with Gasteiger partial charge in [0.2, 0.25) is 5.91 Å². The van der Waals surface area contributed by atoms with E-state index in [2.05, 4.69) is 16.0 Å². The molecular formula is C24H22N4O2. The quantitative estimate of drug-likeness (QED) is 0.388. The first-order valence-electron chi connectivity index (χ1n) is 9.62. The lowest BCUT2D eigenvalue weighted by molar-refractivity contribution is -0.119. The van der Waals surface area contributed by atoms with Gasteiger partial charge in [-0.3, -0.25) is 9.59 Å². The summed E-state index contributed by atoms with van der Waals surface area (Å²) in [4.78, 5) is 24.0. The Morgan fingerprint density at radius 2 is 1.73 bits per heavy atom. The highest BCUT2D eigenvalue weighted by Crippen LogP contribution is 2.38. The van der Waals surface area contributed by atoms with Crippen molar-refractivity contribution in [2.75, 3.05) is 16.4 Å². The standard InChI is InChI=1S/C24H22N4O2/c1-15(29)26-14-16-7-10-19(11-8-16)27-23(17-5-3-2-4-6-17)22-20-13-18(25)9-12-21(20)28-24(22)30/h2-13,27H,14,25H2,1H3,(H,26,29)(H,28,30). The minimum atomic E-state index is -0.177. The molecule has 5 N–H and O–H groups in total. The van der Waals surface area contributed by atoms with E-state index in [9.17, 15) is 9.59 Å². The molecular weight excluding hydrogens is 376 g/mol. The second kappa shape index (κ2) is 8.13. The average Bonchev–Trinajstić information content (AvgIpc) is 3.07. The molecule has 0 atom stereocenters. The second-order valence-corrected chi connectivity index (χ2v) is 7.11. The molecule has 0 fully saturated rings. The van der Waals surface area contributed by atoms with Crippen molar-refractivity contribution in [3.8, 4) is 0 Å². The van der Waals surface area contributed by atoms with E-state index in [-0.39, 0.29) is 11.8 Å². The average molecular weight is 398 g/mol. The number of benzene rings is 3. The molecule has 0 bridgehead atoms. The molecule has 1 aliphatic rings. The van der Waals surface area contributed by atoms with Crippen molar-refractivity contribution in [1.29, 1.82) is 0 Å². The molecule has 6 heteroatoms. The SMILES string of the molecule is CC(=O)NCc1ccc(NC(=C2C(=O)Nc3ccc(N)cc32)c2ccccc2)cc1. The van der Waals surface area contributed by atoms with Gasteiger partial charge in [-0.2, -0.15) is 0 Å². The van der Waals surface area contributed by atoms with Gasteiger partial charge in [0.15, 0.2) is 0 Å². The van der Waals surface area contributed by atoms with Gasteiger partial charge in [0.25, 0.3) is 5.91 Å². The molecule has 0 aliphatic carbocycles. The third-order valence-corrected chi connectivity index (χ3v) is 4.87. The van der Waals surface area contributed by atoms with Crippen molar-refractivity contribution in [3.63, 3.8) is 0 Å². The highest BCUT2D eigenvalue weighted by Gasteiger charge is 2.28. The number of carbonyl (C=O) groups is 2. The van der Waals surface area contributed by atoms with Crippen LogP contribution in [0.1, 0.15) is 23.6 Å². The molecule has 3 aromatic carbocycles. The highest BCUT2D eigenvalue weighted by molar-refractivity contribution is 6.37. The molecule has 3 aromatic rings. The van der Waals surface area contributed by atoms with E-state index in [1.165, 1.54) is 6.92 Å². The molecule has 4 rings (SSSR count). The van der Waals surface area contributed by atoms with Crippen molar-refractivity contribution in [2.24, 2.45) is 0 Å². The van der Waals surface area contributed by atoms with Gasteiger partial charge in [-0.15, -0.1) is 0 Å². The number of nitrogen functional groups attached to an aromatic ring is 1. The molecule has 0 saturated heterocycles. The summed E-state index contributed by atoms with van der Waals surface area (Å²) >= 11 is 0. The van der Waals surface area contributed by atoms with Crippen molar-refractivity contribution in [3.05, 3.63) is 89.5 Å². The Hall–Kier alpha value is -4.06. The molecule has 0 aromatic heterocycles. The van der Waals surface area contributed by atoms with Crippen LogP contribution in [-0.4, -0.2) is 11.8 Å². The molecule has 30 heavy (non-hydrogen) atoms. The normalized spacial score (nSPS) is 14.0. The summed E-state index contributed by atoms with van der Waals surface area (Å²) in [5.74, 6) is -0.247. The third kappa shape index (κ3) is 4.03. The van der Waals surface area contributed by atoms with Gasteiger partial charge < -0.3 is 21.7 Å². The first kappa shape index (κ1) is 19.3. The Morgan fingerprint density at radius 1 is 1.00 bits per heavy atom. The number of hydrogen-bond donors (Lipinski definition) is 4.